The summed E-state index contributed by atoms with van der Waals surface area (Å²) in [5.74, 6) is -0.218. The molecule has 2 aliphatic heterocycles. The van der Waals surface area contributed by atoms with Crippen molar-refractivity contribution in [1.29, 1.82) is 0 Å². The number of hydrogen-bond donors (Lipinski definition) is 1. The second kappa shape index (κ2) is 5.55. The Bertz CT molecular complexity index is 644. The fourth-order valence-electron chi connectivity index (χ4n) is 2.20. The predicted octanol–water partition coefficient (Wildman–Crippen LogP) is 0.512. The highest BCUT2D eigenvalue weighted by atomic mass is 16.7. The summed E-state index contributed by atoms with van der Waals surface area (Å²) >= 11 is 0. The van der Waals surface area contributed by atoms with Crippen LogP contribution in [0.4, 0.5) is 4.79 Å². The number of urea groups is 1. The third kappa shape index (κ3) is 2.54. The SMILES string of the molecule is CC(OC(=O)c1ccc2c(c1)OCO2)C(=O)N1CCNC1=O. The maximum atomic E-state index is 12.1. The first-order chi connectivity index (χ1) is 10.6. The molecular formula is C14H14N2O6. The molecule has 1 aromatic rings. The lowest BCUT2D eigenvalue weighted by molar-refractivity contribution is -0.136. The highest BCUT2D eigenvalue weighted by Gasteiger charge is 2.32. The monoisotopic (exact) mass is 306 g/mol. The third-order valence-electron chi connectivity index (χ3n) is 3.36. The van der Waals surface area contributed by atoms with Crippen molar-refractivity contribution in [2.75, 3.05) is 19.9 Å². The van der Waals surface area contributed by atoms with E-state index in [-0.39, 0.29) is 18.9 Å². The van der Waals surface area contributed by atoms with Crippen LogP contribution in [0.3, 0.4) is 0 Å². The summed E-state index contributed by atoms with van der Waals surface area (Å²) in [6, 6.07) is 4.13. The lowest BCUT2D eigenvalue weighted by atomic mass is 10.2. The van der Waals surface area contributed by atoms with E-state index in [0.717, 1.165) is 4.90 Å². The molecule has 2 heterocycles. The van der Waals surface area contributed by atoms with Crippen LogP contribution in [-0.4, -0.2) is 48.8 Å². The number of amides is 3. The van der Waals surface area contributed by atoms with Crippen LogP contribution in [0.5, 0.6) is 11.5 Å². The summed E-state index contributed by atoms with van der Waals surface area (Å²) in [5, 5.41) is 2.51. The zero-order valence-corrected chi connectivity index (χ0v) is 11.8. The number of benzene rings is 1. The Balaban J connectivity index is 1.66. The van der Waals surface area contributed by atoms with Crippen molar-refractivity contribution in [2.24, 2.45) is 0 Å². The maximum Gasteiger partial charge on any atom is 0.339 e. The molecule has 22 heavy (non-hydrogen) atoms. The lowest BCUT2D eigenvalue weighted by Crippen LogP contribution is -2.41. The van der Waals surface area contributed by atoms with Gasteiger partial charge in [-0.15, -0.1) is 0 Å². The van der Waals surface area contributed by atoms with Crippen LogP contribution in [0.1, 0.15) is 17.3 Å². The van der Waals surface area contributed by atoms with E-state index in [1.54, 1.807) is 6.07 Å². The average molecular weight is 306 g/mol. The van der Waals surface area contributed by atoms with Crippen LogP contribution in [0.15, 0.2) is 18.2 Å². The number of hydrogen-bond acceptors (Lipinski definition) is 6. The van der Waals surface area contributed by atoms with Gasteiger partial charge in [0.1, 0.15) is 0 Å². The number of carbonyl (C=O) groups is 3. The molecule has 3 rings (SSSR count). The number of ether oxygens (including phenoxy) is 3. The molecule has 0 aromatic heterocycles. The fraction of sp³-hybridized carbons (Fsp3) is 0.357. The molecule has 2 aliphatic rings. The Kier molecular flexibility index (Phi) is 3.58. The fourth-order valence-corrected chi connectivity index (χ4v) is 2.20. The molecule has 1 atom stereocenters. The molecule has 1 N–H and O–H groups in total. The smallest absolute Gasteiger partial charge is 0.339 e. The average Bonchev–Trinajstić information content (AvgIpc) is 3.13. The number of carbonyl (C=O) groups excluding carboxylic acids is 3. The predicted molar refractivity (Wildman–Crippen MR) is 72.6 cm³/mol. The Morgan fingerprint density at radius 1 is 1.32 bits per heavy atom. The summed E-state index contributed by atoms with van der Waals surface area (Å²) in [7, 11) is 0. The Labute approximate surface area is 125 Å². The highest BCUT2D eigenvalue weighted by Crippen LogP contribution is 2.32. The molecule has 116 valence electrons. The number of rotatable bonds is 3. The molecule has 1 saturated heterocycles. The van der Waals surface area contributed by atoms with Gasteiger partial charge < -0.3 is 19.5 Å². The molecule has 1 aromatic carbocycles. The van der Waals surface area contributed by atoms with E-state index in [9.17, 15) is 14.4 Å². The van der Waals surface area contributed by atoms with Crippen molar-refractivity contribution in [2.45, 2.75) is 13.0 Å². The molecule has 1 fully saturated rings. The van der Waals surface area contributed by atoms with Gasteiger partial charge in [0.2, 0.25) is 6.79 Å². The molecule has 0 aliphatic carbocycles. The van der Waals surface area contributed by atoms with E-state index in [2.05, 4.69) is 5.32 Å². The number of nitrogens with one attached hydrogen (secondary N) is 1. The largest absolute Gasteiger partial charge is 0.454 e. The van der Waals surface area contributed by atoms with Crippen LogP contribution >= 0.6 is 0 Å². The highest BCUT2D eigenvalue weighted by molar-refractivity contribution is 5.99. The van der Waals surface area contributed by atoms with E-state index >= 15 is 0 Å². The van der Waals surface area contributed by atoms with Gasteiger partial charge in [-0.25, -0.2) is 9.59 Å². The number of imide groups is 1. The summed E-state index contributed by atoms with van der Waals surface area (Å²) in [6.07, 6.45) is -1.05. The molecular weight excluding hydrogens is 292 g/mol. The van der Waals surface area contributed by atoms with Crippen LogP contribution in [0.2, 0.25) is 0 Å². The van der Waals surface area contributed by atoms with Gasteiger partial charge in [-0.2, -0.15) is 0 Å². The van der Waals surface area contributed by atoms with Crippen molar-refractivity contribution in [1.82, 2.24) is 10.2 Å². The zero-order valence-electron chi connectivity index (χ0n) is 11.8. The van der Waals surface area contributed by atoms with Crippen molar-refractivity contribution in [3.63, 3.8) is 0 Å². The van der Waals surface area contributed by atoms with Gasteiger partial charge in [0.15, 0.2) is 17.6 Å². The third-order valence-corrected chi connectivity index (χ3v) is 3.36. The number of nitrogens with zero attached hydrogens (tertiary/aromatic N) is 1. The lowest BCUT2D eigenvalue weighted by Gasteiger charge is -2.18. The number of esters is 1. The van der Waals surface area contributed by atoms with Gasteiger partial charge in [0.05, 0.1) is 5.56 Å². The summed E-state index contributed by atoms with van der Waals surface area (Å²) < 4.78 is 15.4. The van der Waals surface area contributed by atoms with Crippen LogP contribution in [0.25, 0.3) is 0 Å². The standard InChI is InChI=1S/C14H14N2O6/c1-8(12(17)16-5-4-15-14(16)19)22-13(18)9-2-3-10-11(6-9)21-7-20-10/h2-3,6,8H,4-5,7H2,1H3,(H,15,19). The van der Waals surface area contributed by atoms with Gasteiger partial charge >= 0.3 is 12.0 Å². The van der Waals surface area contributed by atoms with Crippen LogP contribution in [-0.2, 0) is 9.53 Å². The van der Waals surface area contributed by atoms with Gasteiger partial charge in [-0.05, 0) is 25.1 Å². The van der Waals surface area contributed by atoms with Crippen molar-refractivity contribution >= 4 is 17.9 Å². The maximum absolute atomic E-state index is 12.1. The molecule has 1 unspecified atom stereocenters. The quantitative estimate of drug-likeness (QED) is 0.818. The second-order valence-electron chi connectivity index (χ2n) is 4.84. The van der Waals surface area contributed by atoms with Gasteiger partial charge in [-0.3, -0.25) is 9.69 Å². The minimum Gasteiger partial charge on any atom is -0.454 e. The van der Waals surface area contributed by atoms with Crippen LogP contribution < -0.4 is 14.8 Å². The Morgan fingerprint density at radius 3 is 2.82 bits per heavy atom. The minimum absolute atomic E-state index is 0.104. The second-order valence-corrected chi connectivity index (χ2v) is 4.84. The van der Waals surface area contributed by atoms with Gasteiger partial charge in [-0.1, -0.05) is 0 Å². The first-order valence-electron chi connectivity index (χ1n) is 6.76. The molecule has 8 heteroatoms. The first-order valence-corrected chi connectivity index (χ1v) is 6.76. The van der Waals surface area contributed by atoms with E-state index in [1.165, 1.54) is 19.1 Å². The zero-order chi connectivity index (χ0) is 15.7. The molecule has 0 spiro atoms. The van der Waals surface area contributed by atoms with E-state index in [4.69, 9.17) is 14.2 Å². The summed E-state index contributed by atoms with van der Waals surface area (Å²) in [4.78, 5) is 36.6. The molecule has 8 nitrogen and oxygen atoms in total. The summed E-state index contributed by atoms with van der Waals surface area (Å²) in [5.41, 5.74) is 0.245. The number of fused-ring (bicyclic) bond motifs is 1. The van der Waals surface area contributed by atoms with E-state index in [1.807, 2.05) is 0 Å². The molecule has 3 amide bonds. The first kappa shape index (κ1) is 14.2. The Morgan fingerprint density at radius 2 is 2.09 bits per heavy atom. The van der Waals surface area contributed by atoms with Crippen molar-refractivity contribution in [3.8, 4) is 11.5 Å². The normalized spacial score (nSPS) is 17.1. The van der Waals surface area contributed by atoms with E-state index < -0.39 is 24.0 Å². The van der Waals surface area contributed by atoms with Crippen LogP contribution in [0, 0.1) is 0 Å². The van der Waals surface area contributed by atoms with E-state index in [0.29, 0.717) is 18.0 Å². The van der Waals surface area contributed by atoms with Crippen molar-refractivity contribution in [3.05, 3.63) is 23.8 Å². The topological polar surface area (TPSA) is 94.2 Å². The van der Waals surface area contributed by atoms with Gasteiger partial charge in [0.25, 0.3) is 5.91 Å². The minimum atomic E-state index is -1.05. The Hall–Kier alpha value is -2.77. The van der Waals surface area contributed by atoms with Gasteiger partial charge in [0, 0.05) is 13.1 Å². The molecule has 0 saturated carbocycles. The van der Waals surface area contributed by atoms with Crippen molar-refractivity contribution < 1.29 is 28.6 Å². The summed E-state index contributed by atoms with van der Waals surface area (Å²) in [6.45, 7) is 2.20. The molecule has 0 bridgehead atoms. The molecule has 0 radical (unpaired) electrons.